The van der Waals surface area contributed by atoms with Crippen molar-refractivity contribution in [1.82, 2.24) is 14.9 Å². The molecule has 1 heterocycles. The first-order valence-corrected chi connectivity index (χ1v) is 8.02. The lowest BCUT2D eigenvalue weighted by Gasteiger charge is -2.30. The Hall–Kier alpha value is -1.65. The molecule has 5 nitrogen and oxygen atoms in total. The summed E-state index contributed by atoms with van der Waals surface area (Å²) in [6.45, 7) is 10.3. The van der Waals surface area contributed by atoms with Crippen LogP contribution in [0.2, 0.25) is 0 Å². The van der Waals surface area contributed by atoms with Gasteiger partial charge >= 0.3 is 0 Å². The van der Waals surface area contributed by atoms with Crippen molar-refractivity contribution in [2.75, 3.05) is 0 Å². The minimum Gasteiger partial charge on any atom is -0.350 e. The summed E-state index contributed by atoms with van der Waals surface area (Å²) in [5.74, 6) is -0.147. The molecular formula is C17H27N3O2. The largest absolute Gasteiger partial charge is 0.350 e. The number of carbonyl (C=O) groups is 1. The second-order valence-corrected chi connectivity index (χ2v) is 7.73. The number of nitrogens with one attached hydrogen (secondary N) is 1. The van der Waals surface area contributed by atoms with Crippen molar-refractivity contribution in [2.45, 2.75) is 72.4 Å². The molecule has 0 radical (unpaired) electrons. The minimum atomic E-state index is -0.260. The van der Waals surface area contributed by atoms with Gasteiger partial charge in [-0.1, -0.05) is 20.8 Å². The third-order valence-corrected chi connectivity index (χ3v) is 4.59. The van der Waals surface area contributed by atoms with Gasteiger partial charge < -0.3 is 5.32 Å². The van der Waals surface area contributed by atoms with E-state index in [1.165, 1.54) is 10.9 Å². The van der Waals surface area contributed by atoms with Gasteiger partial charge in [0.25, 0.3) is 5.56 Å². The fourth-order valence-electron chi connectivity index (χ4n) is 2.76. The molecule has 1 N–H and O–H groups in total. The number of amides is 1. The van der Waals surface area contributed by atoms with Crippen molar-refractivity contribution in [2.24, 2.45) is 5.41 Å². The molecule has 0 unspecified atom stereocenters. The van der Waals surface area contributed by atoms with Gasteiger partial charge in [0.1, 0.15) is 6.54 Å². The van der Waals surface area contributed by atoms with Crippen LogP contribution in [0, 0.1) is 5.41 Å². The molecule has 0 saturated heterocycles. The lowest BCUT2D eigenvalue weighted by atomic mass is 9.76. The van der Waals surface area contributed by atoms with E-state index in [-0.39, 0.29) is 29.0 Å². The maximum Gasteiger partial charge on any atom is 0.257 e. The molecule has 122 valence electrons. The molecule has 0 spiro atoms. The maximum atomic E-state index is 12.6. The molecule has 1 amide bonds. The highest BCUT2D eigenvalue weighted by Gasteiger charge is 2.29. The van der Waals surface area contributed by atoms with E-state index in [0.717, 1.165) is 36.9 Å². The fraction of sp³-hybridized carbons (Fsp3) is 0.706. The molecule has 1 aliphatic carbocycles. The zero-order valence-electron chi connectivity index (χ0n) is 14.3. The summed E-state index contributed by atoms with van der Waals surface area (Å²) in [5.41, 5.74) is 1.47. The number of aromatic nitrogens is 2. The van der Waals surface area contributed by atoms with Gasteiger partial charge in [0.15, 0.2) is 0 Å². The van der Waals surface area contributed by atoms with Crippen LogP contribution in [0.4, 0.5) is 0 Å². The Balaban J connectivity index is 2.20. The predicted octanol–water partition coefficient (Wildman–Crippen LogP) is 2.06. The summed E-state index contributed by atoms with van der Waals surface area (Å²) in [4.78, 5) is 29.1. The summed E-state index contributed by atoms with van der Waals surface area (Å²) in [6.07, 6.45) is 4.97. The minimum absolute atomic E-state index is 0.0307. The molecule has 0 aliphatic heterocycles. The van der Waals surface area contributed by atoms with Gasteiger partial charge in [-0.15, -0.1) is 0 Å². The molecule has 0 fully saturated rings. The maximum absolute atomic E-state index is 12.6. The first-order chi connectivity index (χ1) is 10.1. The monoisotopic (exact) mass is 305 g/mol. The van der Waals surface area contributed by atoms with E-state index in [0.29, 0.717) is 0 Å². The molecule has 2 rings (SSSR count). The Kier molecular flexibility index (Phi) is 4.45. The normalized spacial score (nSPS) is 17.0. The molecule has 0 bridgehead atoms. The van der Waals surface area contributed by atoms with E-state index < -0.39 is 0 Å². The van der Waals surface area contributed by atoms with Crippen LogP contribution in [0.3, 0.4) is 0 Å². The van der Waals surface area contributed by atoms with Crippen LogP contribution in [0.25, 0.3) is 0 Å². The SMILES string of the molecule is CCC(C)(C)NC(=O)Cn1cnc2c(c1=O)CC(C)(C)CC2. The second-order valence-electron chi connectivity index (χ2n) is 7.73. The highest BCUT2D eigenvalue weighted by molar-refractivity contribution is 5.76. The van der Waals surface area contributed by atoms with Gasteiger partial charge in [0, 0.05) is 11.1 Å². The van der Waals surface area contributed by atoms with Gasteiger partial charge in [-0.25, -0.2) is 4.98 Å². The second kappa shape index (κ2) is 5.86. The fourth-order valence-corrected chi connectivity index (χ4v) is 2.76. The number of aryl methyl sites for hydroxylation is 1. The highest BCUT2D eigenvalue weighted by Crippen LogP contribution is 2.31. The molecule has 22 heavy (non-hydrogen) atoms. The van der Waals surface area contributed by atoms with Crippen molar-refractivity contribution in [1.29, 1.82) is 0 Å². The van der Waals surface area contributed by atoms with E-state index >= 15 is 0 Å². The Morgan fingerprint density at radius 1 is 1.45 bits per heavy atom. The van der Waals surface area contributed by atoms with Crippen LogP contribution in [-0.4, -0.2) is 21.0 Å². The topological polar surface area (TPSA) is 64.0 Å². The van der Waals surface area contributed by atoms with Gasteiger partial charge in [-0.05, 0) is 44.9 Å². The lowest BCUT2D eigenvalue weighted by molar-refractivity contribution is -0.123. The molecule has 0 saturated carbocycles. The van der Waals surface area contributed by atoms with E-state index in [9.17, 15) is 9.59 Å². The Bertz CT molecular complexity index is 629. The quantitative estimate of drug-likeness (QED) is 0.926. The van der Waals surface area contributed by atoms with Crippen molar-refractivity contribution >= 4 is 5.91 Å². The van der Waals surface area contributed by atoms with Gasteiger partial charge in [0.2, 0.25) is 5.91 Å². The van der Waals surface area contributed by atoms with Crippen molar-refractivity contribution < 1.29 is 4.79 Å². The summed E-state index contributed by atoms with van der Waals surface area (Å²) >= 11 is 0. The number of nitrogens with zero attached hydrogens (tertiary/aromatic N) is 2. The van der Waals surface area contributed by atoms with Crippen molar-refractivity contribution in [3.63, 3.8) is 0 Å². The van der Waals surface area contributed by atoms with E-state index in [1.54, 1.807) is 0 Å². The van der Waals surface area contributed by atoms with Gasteiger partial charge in [0.05, 0.1) is 12.0 Å². The molecule has 1 aromatic rings. The summed E-state index contributed by atoms with van der Waals surface area (Å²) in [6, 6.07) is 0. The summed E-state index contributed by atoms with van der Waals surface area (Å²) in [7, 11) is 0. The molecule has 1 aliphatic rings. The van der Waals surface area contributed by atoms with E-state index in [2.05, 4.69) is 24.1 Å². The van der Waals surface area contributed by atoms with Crippen LogP contribution >= 0.6 is 0 Å². The molecule has 1 aromatic heterocycles. The predicted molar refractivity (Wildman–Crippen MR) is 86.8 cm³/mol. The van der Waals surface area contributed by atoms with Crippen LogP contribution in [0.15, 0.2) is 11.1 Å². The lowest BCUT2D eigenvalue weighted by Crippen LogP contribution is -2.45. The van der Waals surface area contributed by atoms with Crippen LogP contribution in [0.1, 0.15) is 58.7 Å². The number of fused-ring (bicyclic) bond motifs is 1. The van der Waals surface area contributed by atoms with Crippen LogP contribution < -0.4 is 10.9 Å². The average molecular weight is 305 g/mol. The molecular weight excluding hydrogens is 278 g/mol. The molecule has 5 heteroatoms. The molecule has 0 atom stereocenters. The number of rotatable bonds is 4. The van der Waals surface area contributed by atoms with Crippen LogP contribution in [-0.2, 0) is 24.2 Å². The van der Waals surface area contributed by atoms with E-state index in [4.69, 9.17) is 0 Å². The summed E-state index contributed by atoms with van der Waals surface area (Å²) < 4.78 is 1.43. The highest BCUT2D eigenvalue weighted by atomic mass is 16.2. The Morgan fingerprint density at radius 3 is 2.77 bits per heavy atom. The Labute approximate surface area is 132 Å². The number of hydrogen-bond acceptors (Lipinski definition) is 3. The summed E-state index contributed by atoms with van der Waals surface area (Å²) in [5, 5.41) is 2.95. The number of hydrogen-bond donors (Lipinski definition) is 1. The average Bonchev–Trinajstić information content (AvgIpc) is 2.41. The van der Waals surface area contributed by atoms with Gasteiger partial charge in [-0.2, -0.15) is 0 Å². The number of carbonyl (C=O) groups excluding carboxylic acids is 1. The first-order valence-electron chi connectivity index (χ1n) is 8.02. The first kappa shape index (κ1) is 16.7. The smallest absolute Gasteiger partial charge is 0.257 e. The van der Waals surface area contributed by atoms with Crippen LogP contribution in [0.5, 0.6) is 0 Å². The Morgan fingerprint density at radius 2 is 2.14 bits per heavy atom. The van der Waals surface area contributed by atoms with E-state index in [1.807, 2.05) is 20.8 Å². The third kappa shape index (κ3) is 3.76. The molecule has 0 aromatic carbocycles. The van der Waals surface area contributed by atoms with Crippen molar-refractivity contribution in [3.8, 4) is 0 Å². The zero-order chi connectivity index (χ0) is 16.5. The third-order valence-electron chi connectivity index (χ3n) is 4.59. The van der Waals surface area contributed by atoms with Crippen molar-refractivity contribution in [3.05, 3.63) is 27.9 Å². The standard InChI is InChI=1S/C17H27N3O2/c1-6-17(4,5)19-14(21)10-20-11-18-13-7-8-16(2,3)9-12(13)15(20)22/h11H,6-10H2,1-5H3,(H,19,21). The van der Waals surface area contributed by atoms with Gasteiger partial charge in [-0.3, -0.25) is 14.2 Å². The zero-order valence-corrected chi connectivity index (χ0v) is 14.3.